The van der Waals surface area contributed by atoms with Crippen molar-refractivity contribution in [1.29, 1.82) is 0 Å². The minimum Gasteiger partial charge on any atom is -0.497 e. The molecule has 0 saturated carbocycles. The Morgan fingerprint density at radius 1 is 1.14 bits per heavy atom. The average Bonchev–Trinajstić information content (AvgIpc) is 2.46. The molecule has 0 heterocycles. The van der Waals surface area contributed by atoms with E-state index >= 15 is 0 Å². The lowest BCUT2D eigenvalue weighted by Gasteiger charge is -2.10. The van der Waals surface area contributed by atoms with Crippen molar-refractivity contribution in [3.8, 4) is 11.5 Å². The van der Waals surface area contributed by atoms with Crippen LogP contribution in [-0.4, -0.2) is 12.1 Å². The van der Waals surface area contributed by atoms with E-state index in [0.717, 1.165) is 17.7 Å². The lowest BCUT2D eigenvalue weighted by Crippen LogP contribution is -2.11. The highest BCUT2D eigenvalue weighted by Gasteiger charge is 2.14. The molecule has 2 aromatic rings. The van der Waals surface area contributed by atoms with Crippen molar-refractivity contribution in [2.24, 2.45) is 5.73 Å². The Labute approximate surface area is 126 Å². The van der Waals surface area contributed by atoms with Crippen molar-refractivity contribution < 1.29 is 18.3 Å². The summed E-state index contributed by atoms with van der Waals surface area (Å²) in [6, 6.07) is 9.07. The van der Waals surface area contributed by atoms with Gasteiger partial charge in [-0.1, -0.05) is 24.4 Å². The maximum Gasteiger partial charge on any atom is 0.191 e. The molecule has 21 heavy (non-hydrogen) atoms. The van der Waals surface area contributed by atoms with Gasteiger partial charge in [-0.05, 0) is 29.8 Å². The third-order valence-electron chi connectivity index (χ3n) is 2.83. The van der Waals surface area contributed by atoms with E-state index in [2.05, 4.69) is 12.2 Å². The Bertz CT molecular complexity index is 636. The standard InChI is InChI=1S/C15H13F2NO2S/c1-19-11-4-2-9(3-5-11)8-20-14-12(16)6-10(15(18)21)7-13(14)17/h2-7H,8H2,1H3,(H2,18,21). The predicted molar refractivity (Wildman–Crippen MR) is 79.6 cm³/mol. The van der Waals surface area contributed by atoms with E-state index in [4.69, 9.17) is 15.2 Å². The first-order chi connectivity index (χ1) is 10.0. The molecule has 2 aromatic carbocycles. The molecule has 0 aromatic heterocycles. The fourth-order valence-electron chi connectivity index (χ4n) is 1.72. The van der Waals surface area contributed by atoms with Gasteiger partial charge in [-0.25, -0.2) is 8.78 Å². The van der Waals surface area contributed by atoms with Crippen LogP contribution in [0.1, 0.15) is 11.1 Å². The molecule has 0 unspecified atom stereocenters. The molecule has 0 saturated heterocycles. The van der Waals surface area contributed by atoms with Gasteiger partial charge in [0.1, 0.15) is 17.3 Å². The molecule has 6 heteroatoms. The number of methoxy groups -OCH3 is 1. The number of hydrogen-bond donors (Lipinski definition) is 1. The summed E-state index contributed by atoms with van der Waals surface area (Å²) in [5, 5.41) is 0. The Morgan fingerprint density at radius 3 is 2.19 bits per heavy atom. The van der Waals surface area contributed by atoms with Crippen molar-refractivity contribution in [1.82, 2.24) is 0 Å². The second kappa shape index (κ2) is 6.49. The van der Waals surface area contributed by atoms with Crippen molar-refractivity contribution in [3.05, 3.63) is 59.2 Å². The van der Waals surface area contributed by atoms with Gasteiger partial charge in [-0.2, -0.15) is 0 Å². The molecule has 0 radical (unpaired) electrons. The van der Waals surface area contributed by atoms with Crippen LogP contribution in [0.5, 0.6) is 11.5 Å². The second-order valence-electron chi connectivity index (χ2n) is 4.27. The summed E-state index contributed by atoms with van der Waals surface area (Å²) in [5.41, 5.74) is 6.22. The van der Waals surface area contributed by atoms with E-state index in [-0.39, 0.29) is 17.2 Å². The number of benzene rings is 2. The minimum atomic E-state index is -0.841. The summed E-state index contributed by atoms with van der Waals surface area (Å²) in [5.74, 6) is -1.44. The van der Waals surface area contributed by atoms with E-state index in [1.165, 1.54) is 0 Å². The molecule has 0 atom stereocenters. The smallest absolute Gasteiger partial charge is 0.191 e. The van der Waals surface area contributed by atoms with Crippen LogP contribution in [0.4, 0.5) is 8.78 Å². The normalized spacial score (nSPS) is 10.2. The number of thiocarbonyl (C=S) groups is 1. The first-order valence-electron chi connectivity index (χ1n) is 6.06. The zero-order chi connectivity index (χ0) is 15.4. The zero-order valence-corrected chi connectivity index (χ0v) is 12.0. The molecule has 0 bridgehead atoms. The maximum atomic E-state index is 13.8. The third-order valence-corrected chi connectivity index (χ3v) is 3.06. The molecule has 0 aliphatic heterocycles. The summed E-state index contributed by atoms with van der Waals surface area (Å²) in [6.45, 7) is 0.0320. The summed E-state index contributed by atoms with van der Waals surface area (Å²) < 4.78 is 37.8. The number of nitrogens with two attached hydrogens (primary N) is 1. The lowest BCUT2D eigenvalue weighted by molar-refractivity contribution is 0.274. The summed E-state index contributed by atoms with van der Waals surface area (Å²) in [6.07, 6.45) is 0. The fraction of sp³-hybridized carbons (Fsp3) is 0.133. The van der Waals surface area contributed by atoms with Crippen LogP contribution in [-0.2, 0) is 6.61 Å². The van der Waals surface area contributed by atoms with Gasteiger partial charge in [0, 0.05) is 5.56 Å². The molecule has 0 spiro atoms. The summed E-state index contributed by atoms with van der Waals surface area (Å²) in [4.78, 5) is -0.0745. The second-order valence-corrected chi connectivity index (χ2v) is 4.71. The van der Waals surface area contributed by atoms with E-state index in [9.17, 15) is 8.78 Å². The van der Waals surface area contributed by atoms with Gasteiger partial charge in [0.05, 0.1) is 7.11 Å². The lowest BCUT2D eigenvalue weighted by atomic mass is 10.2. The van der Waals surface area contributed by atoms with Gasteiger partial charge < -0.3 is 15.2 Å². The summed E-state index contributed by atoms with van der Waals surface area (Å²) >= 11 is 4.68. The van der Waals surface area contributed by atoms with E-state index < -0.39 is 17.4 Å². The van der Waals surface area contributed by atoms with E-state index in [1.54, 1.807) is 31.4 Å². The summed E-state index contributed by atoms with van der Waals surface area (Å²) in [7, 11) is 1.56. The SMILES string of the molecule is COc1ccc(COc2c(F)cc(C(N)=S)cc2F)cc1. The van der Waals surface area contributed by atoms with Gasteiger partial charge in [0.25, 0.3) is 0 Å². The van der Waals surface area contributed by atoms with Crippen LogP contribution in [0.3, 0.4) is 0 Å². The molecule has 0 fully saturated rings. The van der Waals surface area contributed by atoms with Crippen LogP contribution in [0.25, 0.3) is 0 Å². The Balaban J connectivity index is 2.14. The molecule has 3 nitrogen and oxygen atoms in total. The Morgan fingerprint density at radius 2 is 1.71 bits per heavy atom. The van der Waals surface area contributed by atoms with Gasteiger partial charge in [0.2, 0.25) is 0 Å². The third kappa shape index (κ3) is 3.66. The van der Waals surface area contributed by atoms with Gasteiger partial charge in [-0.15, -0.1) is 0 Å². The average molecular weight is 309 g/mol. The molecule has 0 aliphatic rings. The fourth-order valence-corrected chi connectivity index (χ4v) is 1.84. The van der Waals surface area contributed by atoms with Crippen molar-refractivity contribution in [2.45, 2.75) is 6.61 Å². The molecular weight excluding hydrogens is 296 g/mol. The van der Waals surface area contributed by atoms with Crippen LogP contribution < -0.4 is 15.2 Å². The van der Waals surface area contributed by atoms with E-state index in [1.807, 2.05) is 0 Å². The first kappa shape index (κ1) is 15.2. The van der Waals surface area contributed by atoms with Gasteiger partial charge in [0.15, 0.2) is 17.4 Å². The van der Waals surface area contributed by atoms with Crippen LogP contribution in [0.15, 0.2) is 36.4 Å². The van der Waals surface area contributed by atoms with E-state index in [0.29, 0.717) is 5.75 Å². The van der Waals surface area contributed by atoms with Gasteiger partial charge in [-0.3, -0.25) is 0 Å². The number of hydrogen-bond acceptors (Lipinski definition) is 3. The van der Waals surface area contributed by atoms with Crippen LogP contribution in [0, 0.1) is 11.6 Å². The minimum absolute atomic E-state index is 0.0320. The molecular formula is C15H13F2NO2S. The molecule has 0 aliphatic carbocycles. The van der Waals surface area contributed by atoms with Crippen molar-refractivity contribution in [2.75, 3.05) is 7.11 Å². The molecule has 0 amide bonds. The quantitative estimate of drug-likeness (QED) is 0.862. The Kier molecular flexibility index (Phi) is 4.70. The van der Waals surface area contributed by atoms with Crippen LogP contribution in [0.2, 0.25) is 0 Å². The zero-order valence-electron chi connectivity index (χ0n) is 11.2. The maximum absolute atomic E-state index is 13.8. The monoisotopic (exact) mass is 309 g/mol. The first-order valence-corrected chi connectivity index (χ1v) is 6.46. The van der Waals surface area contributed by atoms with Crippen molar-refractivity contribution in [3.63, 3.8) is 0 Å². The van der Waals surface area contributed by atoms with Gasteiger partial charge >= 0.3 is 0 Å². The molecule has 110 valence electrons. The molecule has 2 rings (SSSR count). The highest BCUT2D eigenvalue weighted by Crippen LogP contribution is 2.24. The largest absolute Gasteiger partial charge is 0.497 e. The topological polar surface area (TPSA) is 44.5 Å². The number of ether oxygens (including phenoxy) is 2. The highest BCUT2D eigenvalue weighted by molar-refractivity contribution is 7.80. The van der Waals surface area contributed by atoms with Crippen LogP contribution >= 0.6 is 12.2 Å². The highest BCUT2D eigenvalue weighted by atomic mass is 32.1. The number of halogens is 2. The number of rotatable bonds is 5. The van der Waals surface area contributed by atoms with Crippen molar-refractivity contribution >= 4 is 17.2 Å². The molecule has 2 N–H and O–H groups in total. The predicted octanol–water partition coefficient (Wildman–Crippen LogP) is 3.19. The Hall–Kier alpha value is -2.21.